The molecule has 0 aromatic rings. The number of carbonyl (C=O) groups is 2. The zero-order chi connectivity index (χ0) is 12.1. The van der Waals surface area contributed by atoms with Gasteiger partial charge in [-0.2, -0.15) is 0 Å². The maximum Gasteiger partial charge on any atom is 0.323 e. The van der Waals surface area contributed by atoms with Crippen molar-refractivity contribution in [1.82, 2.24) is 15.5 Å². The van der Waals surface area contributed by atoms with Gasteiger partial charge >= 0.3 is 12.0 Å². The molecule has 0 saturated carbocycles. The van der Waals surface area contributed by atoms with Gasteiger partial charge in [0.25, 0.3) is 0 Å². The van der Waals surface area contributed by atoms with E-state index < -0.39 is 12.0 Å². The highest BCUT2D eigenvalue weighted by molar-refractivity contribution is 5.79. The van der Waals surface area contributed by atoms with E-state index in [9.17, 15) is 9.59 Å². The number of nitrogens with one attached hydrogen (secondary N) is 2. The second kappa shape index (κ2) is 5.69. The quantitative estimate of drug-likeness (QED) is 0.629. The molecule has 2 atom stereocenters. The summed E-state index contributed by atoms with van der Waals surface area (Å²) in [6.45, 7) is 2.72. The summed E-state index contributed by atoms with van der Waals surface area (Å²) in [5.74, 6) is -1.04. The molecule has 1 rings (SSSR count). The van der Waals surface area contributed by atoms with E-state index in [-0.39, 0.29) is 12.6 Å². The molecular formula is C10H19N3O3. The second-order valence-electron chi connectivity index (χ2n) is 4.27. The molecule has 1 aliphatic heterocycles. The lowest BCUT2D eigenvalue weighted by atomic mass is 9.99. The molecule has 2 amide bonds. The van der Waals surface area contributed by atoms with Crippen LogP contribution in [0.15, 0.2) is 0 Å². The lowest BCUT2D eigenvalue weighted by molar-refractivity contribution is -0.135. The molecular weight excluding hydrogens is 210 g/mol. The second-order valence-corrected chi connectivity index (χ2v) is 4.27. The van der Waals surface area contributed by atoms with Crippen LogP contribution < -0.4 is 10.6 Å². The normalized spacial score (nSPS) is 26.1. The molecule has 0 aromatic carbocycles. The molecule has 16 heavy (non-hydrogen) atoms. The third kappa shape index (κ3) is 4.06. The van der Waals surface area contributed by atoms with Crippen LogP contribution in [0.5, 0.6) is 0 Å². The number of hydrogen-bond acceptors (Lipinski definition) is 3. The summed E-state index contributed by atoms with van der Waals surface area (Å²) in [6, 6.07) is 0.183. The van der Waals surface area contributed by atoms with Gasteiger partial charge in [-0.15, -0.1) is 0 Å². The Hall–Kier alpha value is -1.30. The zero-order valence-electron chi connectivity index (χ0n) is 9.69. The Balaban J connectivity index is 2.26. The molecule has 1 aliphatic rings. The minimum absolute atomic E-state index is 0.139. The van der Waals surface area contributed by atoms with Gasteiger partial charge in [-0.3, -0.25) is 4.79 Å². The molecule has 1 saturated heterocycles. The van der Waals surface area contributed by atoms with Crippen molar-refractivity contribution in [3.63, 3.8) is 0 Å². The largest absolute Gasteiger partial charge is 0.480 e. The number of aliphatic carboxylic acids is 1. The monoisotopic (exact) mass is 229 g/mol. The van der Waals surface area contributed by atoms with Gasteiger partial charge in [0.15, 0.2) is 0 Å². The molecule has 6 nitrogen and oxygen atoms in total. The molecule has 6 heteroatoms. The van der Waals surface area contributed by atoms with Crippen molar-refractivity contribution in [2.24, 2.45) is 0 Å². The summed E-state index contributed by atoms with van der Waals surface area (Å²) >= 11 is 0. The van der Waals surface area contributed by atoms with Crippen LogP contribution in [0.25, 0.3) is 0 Å². The van der Waals surface area contributed by atoms with Gasteiger partial charge in [-0.25, -0.2) is 4.79 Å². The van der Waals surface area contributed by atoms with E-state index >= 15 is 0 Å². The fourth-order valence-electron chi connectivity index (χ4n) is 1.81. The number of carboxylic acids is 1. The standard InChI is InChI=1S/C10H19N3O3/c1-7-5-8(3-4-13(7)2)12-10(16)11-6-9(14)15/h7-8H,3-6H2,1-2H3,(H,14,15)(H2,11,12,16). The van der Waals surface area contributed by atoms with Crippen LogP contribution >= 0.6 is 0 Å². The third-order valence-electron chi connectivity index (χ3n) is 2.94. The van der Waals surface area contributed by atoms with E-state index in [0.717, 1.165) is 19.4 Å². The predicted molar refractivity (Wildman–Crippen MR) is 59.3 cm³/mol. The Kier molecular flexibility index (Phi) is 4.54. The van der Waals surface area contributed by atoms with Crippen molar-refractivity contribution in [1.29, 1.82) is 0 Å². The fourth-order valence-corrected chi connectivity index (χ4v) is 1.81. The Labute approximate surface area is 95.0 Å². The van der Waals surface area contributed by atoms with Crippen LogP contribution in [0, 0.1) is 0 Å². The van der Waals surface area contributed by atoms with E-state index in [1.165, 1.54) is 0 Å². The summed E-state index contributed by atoms with van der Waals surface area (Å²) < 4.78 is 0. The lowest BCUT2D eigenvalue weighted by Gasteiger charge is -2.35. The summed E-state index contributed by atoms with van der Waals surface area (Å²) in [5, 5.41) is 13.5. The van der Waals surface area contributed by atoms with Crippen LogP contribution in [-0.2, 0) is 4.79 Å². The van der Waals surface area contributed by atoms with Gasteiger partial charge in [0.1, 0.15) is 6.54 Å². The number of likely N-dealkylation sites (tertiary alicyclic amines) is 1. The topological polar surface area (TPSA) is 81.7 Å². The highest BCUT2D eigenvalue weighted by atomic mass is 16.4. The fraction of sp³-hybridized carbons (Fsp3) is 0.800. The van der Waals surface area contributed by atoms with Gasteiger partial charge in [-0.1, -0.05) is 0 Å². The Morgan fingerprint density at radius 2 is 2.19 bits per heavy atom. The molecule has 0 radical (unpaired) electrons. The minimum Gasteiger partial charge on any atom is -0.480 e. The van der Waals surface area contributed by atoms with Crippen molar-refractivity contribution < 1.29 is 14.7 Å². The minimum atomic E-state index is -1.04. The van der Waals surface area contributed by atoms with Crippen LogP contribution in [0.2, 0.25) is 0 Å². The molecule has 1 fully saturated rings. The number of amides is 2. The predicted octanol–water partition coefficient (Wildman–Crippen LogP) is -0.147. The highest BCUT2D eigenvalue weighted by Gasteiger charge is 2.23. The van der Waals surface area contributed by atoms with Gasteiger partial charge in [-0.05, 0) is 26.8 Å². The van der Waals surface area contributed by atoms with E-state index in [4.69, 9.17) is 5.11 Å². The third-order valence-corrected chi connectivity index (χ3v) is 2.94. The molecule has 3 N–H and O–H groups in total. The van der Waals surface area contributed by atoms with E-state index in [0.29, 0.717) is 6.04 Å². The smallest absolute Gasteiger partial charge is 0.323 e. The summed E-state index contributed by atoms with van der Waals surface area (Å²) in [6.07, 6.45) is 1.80. The first-order valence-electron chi connectivity index (χ1n) is 5.45. The molecule has 92 valence electrons. The molecule has 0 bridgehead atoms. The van der Waals surface area contributed by atoms with E-state index in [1.54, 1.807) is 0 Å². The Morgan fingerprint density at radius 3 is 2.75 bits per heavy atom. The summed E-state index contributed by atoms with van der Waals surface area (Å²) in [5.41, 5.74) is 0. The first-order valence-corrected chi connectivity index (χ1v) is 5.45. The van der Waals surface area contributed by atoms with E-state index in [1.807, 2.05) is 0 Å². The van der Waals surface area contributed by atoms with Gasteiger partial charge in [0.2, 0.25) is 0 Å². The molecule has 2 unspecified atom stereocenters. The van der Waals surface area contributed by atoms with Gasteiger partial charge in [0.05, 0.1) is 0 Å². The van der Waals surface area contributed by atoms with Gasteiger partial charge < -0.3 is 20.6 Å². The van der Waals surface area contributed by atoms with Crippen LogP contribution in [-0.4, -0.2) is 54.2 Å². The van der Waals surface area contributed by atoms with Crippen LogP contribution in [0.4, 0.5) is 4.79 Å². The van der Waals surface area contributed by atoms with Crippen molar-refractivity contribution in [2.45, 2.75) is 31.8 Å². The number of carboxylic acid groups (broad SMARTS) is 1. The maximum atomic E-state index is 11.3. The van der Waals surface area contributed by atoms with Crippen LogP contribution in [0.1, 0.15) is 19.8 Å². The molecule has 0 aliphatic carbocycles. The molecule has 0 spiro atoms. The SMILES string of the molecule is CC1CC(NC(=O)NCC(=O)O)CCN1C. The number of urea groups is 1. The molecule has 0 aromatic heterocycles. The first kappa shape index (κ1) is 12.8. The van der Waals surface area contributed by atoms with Gasteiger partial charge in [0, 0.05) is 18.6 Å². The van der Waals surface area contributed by atoms with Crippen molar-refractivity contribution in [3.05, 3.63) is 0 Å². The highest BCUT2D eigenvalue weighted by Crippen LogP contribution is 2.14. The number of carbonyl (C=O) groups excluding carboxylic acids is 1. The zero-order valence-corrected chi connectivity index (χ0v) is 9.69. The lowest BCUT2D eigenvalue weighted by Crippen LogP contribution is -2.50. The van der Waals surface area contributed by atoms with Crippen LogP contribution in [0.3, 0.4) is 0 Å². The summed E-state index contributed by atoms with van der Waals surface area (Å²) in [7, 11) is 2.06. The Morgan fingerprint density at radius 1 is 1.50 bits per heavy atom. The Bertz CT molecular complexity index is 270. The van der Waals surface area contributed by atoms with E-state index in [2.05, 4.69) is 29.5 Å². The molecule has 1 heterocycles. The average Bonchev–Trinajstić information content (AvgIpc) is 2.21. The number of rotatable bonds is 3. The number of hydrogen-bond donors (Lipinski definition) is 3. The average molecular weight is 229 g/mol. The van der Waals surface area contributed by atoms with Crippen molar-refractivity contribution in [3.8, 4) is 0 Å². The number of nitrogens with zero attached hydrogens (tertiary/aromatic N) is 1. The number of piperidine rings is 1. The van der Waals surface area contributed by atoms with Crippen molar-refractivity contribution >= 4 is 12.0 Å². The maximum absolute atomic E-state index is 11.3. The summed E-state index contributed by atoms with van der Waals surface area (Å²) in [4.78, 5) is 23.8. The van der Waals surface area contributed by atoms with Crippen molar-refractivity contribution in [2.75, 3.05) is 20.1 Å². The first-order chi connectivity index (χ1) is 7.49.